The molecular weight excluding hydrogens is 546 g/mol. The lowest BCUT2D eigenvalue weighted by Gasteiger charge is -2.32. The van der Waals surface area contributed by atoms with Crippen LogP contribution in [0.25, 0.3) is 0 Å². The minimum absolute atomic E-state index is 0.0805. The molecule has 2 aromatic rings. The fraction of sp³-hybridized carbons (Fsp3) is 0.462. The summed E-state index contributed by atoms with van der Waals surface area (Å²) in [5, 5.41) is 2.94. The first-order valence-electron chi connectivity index (χ1n) is 11.7. The number of rotatable bonds is 11. The molecule has 0 fully saturated rings. The van der Waals surface area contributed by atoms with Gasteiger partial charge >= 0.3 is 0 Å². The second kappa shape index (κ2) is 12.6. The van der Waals surface area contributed by atoms with Crippen LogP contribution < -0.4 is 14.4 Å². The molecule has 0 aromatic heterocycles. The molecule has 2 rings (SSSR count). The number of carbonyl (C=O) groups excluding carboxylic acids is 2. The van der Waals surface area contributed by atoms with Crippen LogP contribution in [0.5, 0.6) is 5.75 Å². The third-order valence-corrected chi connectivity index (χ3v) is 7.09. The van der Waals surface area contributed by atoms with Crippen molar-refractivity contribution < 1.29 is 22.7 Å². The molecule has 0 radical (unpaired) electrons. The van der Waals surface area contributed by atoms with E-state index >= 15 is 0 Å². The normalized spacial score (nSPS) is 12.5. The van der Waals surface area contributed by atoms with Crippen molar-refractivity contribution in [1.29, 1.82) is 0 Å². The molecule has 0 aliphatic heterocycles. The largest absolute Gasteiger partial charge is 0.497 e. The summed E-state index contributed by atoms with van der Waals surface area (Å²) in [6.45, 7) is 7.73. The summed E-state index contributed by atoms with van der Waals surface area (Å²) >= 11 is 3.45. The first-order valence-corrected chi connectivity index (χ1v) is 14.3. The summed E-state index contributed by atoms with van der Waals surface area (Å²) < 4.78 is 32.3. The number of ether oxygens (including phenoxy) is 1. The predicted molar refractivity (Wildman–Crippen MR) is 146 cm³/mol. The summed E-state index contributed by atoms with van der Waals surface area (Å²) in [6.07, 6.45) is 1.50. The lowest BCUT2D eigenvalue weighted by molar-refractivity contribution is -0.141. The molecule has 0 saturated carbocycles. The van der Waals surface area contributed by atoms with Gasteiger partial charge < -0.3 is 15.0 Å². The van der Waals surface area contributed by atoms with E-state index in [1.54, 1.807) is 36.1 Å². The molecule has 1 unspecified atom stereocenters. The summed E-state index contributed by atoms with van der Waals surface area (Å²) in [7, 11) is -2.07. The van der Waals surface area contributed by atoms with Crippen LogP contribution in [0.2, 0.25) is 0 Å². The van der Waals surface area contributed by atoms with Gasteiger partial charge in [-0.05, 0) is 63.9 Å². The molecule has 0 saturated heterocycles. The number of carbonyl (C=O) groups is 2. The number of halogens is 1. The maximum absolute atomic E-state index is 13.4. The van der Waals surface area contributed by atoms with E-state index in [0.29, 0.717) is 11.4 Å². The van der Waals surface area contributed by atoms with Crippen LogP contribution in [-0.4, -0.2) is 56.6 Å². The Morgan fingerprint density at radius 2 is 1.78 bits per heavy atom. The number of anilines is 1. The molecule has 36 heavy (non-hydrogen) atoms. The van der Waals surface area contributed by atoms with Crippen molar-refractivity contribution in [2.45, 2.75) is 58.7 Å². The van der Waals surface area contributed by atoms with Crippen LogP contribution in [0.1, 0.15) is 46.1 Å². The molecular formula is C26H36BrN3O5S. The second-order valence-electron chi connectivity index (χ2n) is 9.71. The average Bonchev–Trinajstić information content (AvgIpc) is 2.77. The van der Waals surface area contributed by atoms with Crippen molar-refractivity contribution in [3.63, 3.8) is 0 Å². The van der Waals surface area contributed by atoms with Gasteiger partial charge in [0.1, 0.15) is 11.8 Å². The van der Waals surface area contributed by atoms with Crippen molar-refractivity contribution in [2.75, 3.05) is 24.2 Å². The Bertz CT molecular complexity index is 1160. The minimum atomic E-state index is -3.58. The summed E-state index contributed by atoms with van der Waals surface area (Å²) in [4.78, 5) is 27.8. The number of nitrogens with one attached hydrogen (secondary N) is 1. The highest BCUT2D eigenvalue weighted by atomic mass is 79.9. The van der Waals surface area contributed by atoms with Crippen LogP contribution >= 0.6 is 15.9 Å². The van der Waals surface area contributed by atoms with Gasteiger partial charge in [-0.1, -0.05) is 34.1 Å². The fourth-order valence-corrected chi connectivity index (χ4v) is 5.06. The lowest BCUT2D eigenvalue weighted by atomic mass is 10.1. The van der Waals surface area contributed by atoms with Crippen LogP contribution in [0.15, 0.2) is 53.0 Å². The van der Waals surface area contributed by atoms with E-state index < -0.39 is 21.6 Å². The molecule has 1 atom stereocenters. The number of hydrogen-bond acceptors (Lipinski definition) is 5. The van der Waals surface area contributed by atoms with E-state index in [4.69, 9.17) is 4.74 Å². The molecule has 8 nitrogen and oxygen atoms in total. The third kappa shape index (κ3) is 9.13. The number of nitrogens with zero attached hydrogens (tertiary/aromatic N) is 2. The van der Waals surface area contributed by atoms with E-state index in [9.17, 15) is 18.0 Å². The van der Waals surface area contributed by atoms with Crippen LogP contribution in [0.3, 0.4) is 0 Å². The molecule has 198 valence electrons. The van der Waals surface area contributed by atoms with Crippen molar-refractivity contribution in [3.8, 4) is 5.75 Å². The van der Waals surface area contributed by atoms with Crippen LogP contribution in [-0.2, 0) is 26.2 Å². The number of hydrogen-bond donors (Lipinski definition) is 1. The topological polar surface area (TPSA) is 96.0 Å². The molecule has 0 aliphatic carbocycles. The first kappa shape index (κ1) is 29.6. The van der Waals surface area contributed by atoms with Gasteiger partial charge in [0.25, 0.3) is 0 Å². The van der Waals surface area contributed by atoms with Crippen molar-refractivity contribution in [1.82, 2.24) is 10.2 Å². The SMILES string of the molecule is COc1cccc(N(CCCC(=O)N(Cc2cccc(Br)c2)C(C)C(=O)NC(C)(C)C)S(C)(=O)=O)c1. The third-order valence-electron chi connectivity index (χ3n) is 5.40. The number of sulfonamides is 1. The Labute approximate surface area is 223 Å². The number of benzene rings is 2. The molecule has 2 aromatic carbocycles. The lowest BCUT2D eigenvalue weighted by Crippen LogP contribution is -2.52. The molecule has 1 N–H and O–H groups in total. The zero-order valence-corrected chi connectivity index (χ0v) is 24.1. The highest BCUT2D eigenvalue weighted by Gasteiger charge is 2.28. The van der Waals surface area contributed by atoms with E-state index in [0.717, 1.165) is 16.3 Å². The summed E-state index contributed by atoms with van der Waals surface area (Å²) in [6, 6.07) is 13.6. The Kier molecular flexibility index (Phi) is 10.4. The van der Waals surface area contributed by atoms with Crippen LogP contribution in [0.4, 0.5) is 5.69 Å². The Hall–Kier alpha value is -2.59. The molecule has 10 heteroatoms. The Morgan fingerprint density at radius 3 is 2.36 bits per heavy atom. The second-order valence-corrected chi connectivity index (χ2v) is 12.5. The standard InChI is InChI=1S/C26H36BrN3O5S/c1-19(25(32)28-26(2,3)4)29(18-20-10-7-11-21(27)16-20)24(31)14-9-15-30(36(6,33)34)22-12-8-13-23(17-22)35-5/h7-8,10-13,16-17,19H,9,14-15,18H2,1-6H3,(H,28,32). The van der Waals surface area contributed by atoms with Crippen molar-refractivity contribution >= 4 is 43.5 Å². The van der Waals surface area contributed by atoms with Gasteiger partial charge in [0.15, 0.2) is 0 Å². The molecule has 0 spiro atoms. The summed E-state index contributed by atoms with van der Waals surface area (Å²) in [5.41, 5.74) is 0.901. The molecule has 0 bridgehead atoms. The Morgan fingerprint density at radius 1 is 1.11 bits per heavy atom. The molecule has 0 heterocycles. The van der Waals surface area contributed by atoms with Gasteiger partial charge in [-0.25, -0.2) is 8.42 Å². The number of amides is 2. The van der Waals surface area contributed by atoms with E-state index in [2.05, 4.69) is 21.2 Å². The average molecular weight is 583 g/mol. The molecule has 0 aliphatic rings. The zero-order valence-electron chi connectivity index (χ0n) is 21.7. The highest BCUT2D eigenvalue weighted by Crippen LogP contribution is 2.24. The fourth-order valence-electron chi connectivity index (χ4n) is 3.66. The van der Waals surface area contributed by atoms with Crippen molar-refractivity contribution in [3.05, 3.63) is 58.6 Å². The van der Waals surface area contributed by atoms with E-state index in [-0.39, 0.29) is 37.7 Å². The number of methoxy groups -OCH3 is 1. The monoisotopic (exact) mass is 581 g/mol. The van der Waals surface area contributed by atoms with Gasteiger partial charge in [-0.15, -0.1) is 0 Å². The quantitative estimate of drug-likeness (QED) is 0.426. The van der Waals surface area contributed by atoms with Crippen molar-refractivity contribution in [2.24, 2.45) is 0 Å². The van der Waals surface area contributed by atoms with Gasteiger partial charge in [0.2, 0.25) is 21.8 Å². The first-order chi connectivity index (χ1) is 16.7. The van der Waals surface area contributed by atoms with Gasteiger partial charge in [0, 0.05) is 35.6 Å². The summed E-state index contributed by atoms with van der Waals surface area (Å²) in [5.74, 6) is 0.0572. The molecule has 2 amide bonds. The van der Waals surface area contributed by atoms with Gasteiger partial charge in [0.05, 0.1) is 19.1 Å². The maximum atomic E-state index is 13.4. The highest BCUT2D eigenvalue weighted by molar-refractivity contribution is 9.10. The zero-order chi connectivity index (χ0) is 27.1. The van der Waals surface area contributed by atoms with E-state index in [1.165, 1.54) is 11.4 Å². The van der Waals surface area contributed by atoms with E-state index in [1.807, 2.05) is 45.0 Å². The Balaban J connectivity index is 2.20. The van der Waals surface area contributed by atoms with Gasteiger partial charge in [-0.3, -0.25) is 13.9 Å². The minimum Gasteiger partial charge on any atom is -0.497 e. The maximum Gasteiger partial charge on any atom is 0.242 e. The van der Waals surface area contributed by atoms with Crippen LogP contribution in [0, 0.1) is 0 Å². The predicted octanol–water partition coefficient (Wildman–Crippen LogP) is 4.34. The smallest absolute Gasteiger partial charge is 0.242 e. The van der Waals surface area contributed by atoms with Gasteiger partial charge in [-0.2, -0.15) is 0 Å².